The molecule has 2 N–H and O–H groups in total. The van der Waals surface area contributed by atoms with Crippen LogP contribution in [-0.4, -0.2) is 35.3 Å². The molecule has 2 rings (SSSR count). The molecule has 2 heterocycles. The molecular weight excluding hydrogens is 303 g/mol. The summed E-state index contributed by atoms with van der Waals surface area (Å²) in [5.41, 5.74) is -2.38. The SMILES string of the molecule is CN1CC[C@H](C(=O)Nc2cc(C(F)(F)F)c[nH]c2=O)CC1=O. The molecule has 0 bridgehead atoms. The second kappa shape index (κ2) is 5.82. The van der Waals surface area contributed by atoms with E-state index in [0.29, 0.717) is 25.2 Å². The summed E-state index contributed by atoms with van der Waals surface area (Å²) in [7, 11) is 1.61. The van der Waals surface area contributed by atoms with Crippen LogP contribution in [0.2, 0.25) is 0 Å². The number of pyridine rings is 1. The van der Waals surface area contributed by atoms with Gasteiger partial charge in [0.15, 0.2) is 0 Å². The van der Waals surface area contributed by atoms with Crippen molar-refractivity contribution < 1.29 is 22.8 Å². The van der Waals surface area contributed by atoms with Gasteiger partial charge >= 0.3 is 6.18 Å². The lowest BCUT2D eigenvalue weighted by Crippen LogP contribution is -2.40. The van der Waals surface area contributed by atoms with Crippen molar-refractivity contribution in [2.24, 2.45) is 5.92 Å². The smallest absolute Gasteiger partial charge is 0.346 e. The maximum Gasteiger partial charge on any atom is 0.417 e. The Morgan fingerprint density at radius 3 is 2.68 bits per heavy atom. The number of hydrogen-bond acceptors (Lipinski definition) is 3. The van der Waals surface area contributed by atoms with Crippen LogP contribution in [0.3, 0.4) is 0 Å². The number of carbonyl (C=O) groups is 2. The number of carbonyl (C=O) groups excluding carboxylic acids is 2. The lowest BCUT2D eigenvalue weighted by atomic mass is 9.95. The molecule has 9 heteroatoms. The summed E-state index contributed by atoms with van der Waals surface area (Å²) in [6.45, 7) is 0.385. The third-order valence-corrected chi connectivity index (χ3v) is 3.52. The van der Waals surface area contributed by atoms with Crippen LogP contribution in [-0.2, 0) is 15.8 Å². The molecule has 1 aliphatic heterocycles. The van der Waals surface area contributed by atoms with Crippen LogP contribution >= 0.6 is 0 Å². The van der Waals surface area contributed by atoms with Gasteiger partial charge in [-0.25, -0.2) is 0 Å². The first kappa shape index (κ1) is 16.1. The van der Waals surface area contributed by atoms with E-state index in [1.165, 1.54) is 4.90 Å². The van der Waals surface area contributed by atoms with Crippen molar-refractivity contribution in [1.29, 1.82) is 0 Å². The molecule has 1 fully saturated rings. The molecule has 1 aliphatic rings. The predicted molar refractivity (Wildman–Crippen MR) is 71.1 cm³/mol. The second-order valence-electron chi connectivity index (χ2n) is 5.12. The van der Waals surface area contributed by atoms with Crippen LogP contribution in [0.5, 0.6) is 0 Å². The fraction of sp³-hybridized carbons (Fsp3) is 0.462. The minimum atomic E-state index is -4.63. The molecule has 0 unspecified atom stereocenters. The third kappa shape index (κ3) is 3.46. The van der Waals surface area contributed by atoms with Crippen molar-refractivity contribution >= 4 is 17.5 Å². The van der Waals surface area contributed by atoms with Gasteiger partial charge in [0.05, 0.1) is 5.56 Å². The molecule has 2 amide bonds. The van der Waals surface area contributed by atoms with Gasteiger partial charge in [-0.15, -0.1) is 0 Å². The number of halogens is 3. The summed E-state index contributed by atoms with van der Waals surface area (Å²) in [5, 5.41) is 2.17. The van der Waals surface area contributed by atoms with E-state index in [9.17, 15) is 27.6 Å². The third-order valence-electron chi connectivity index (χ3n) is 3.52. The maximum absolute atomic E-state index is 12.6. The van der Waals surface area contributed by atoms with Gasteiger partial charge in [0.1, 0.15) is 5.69 Å². The lowest BCUT2D eigenvalue weighted by Gasteiger charge is -2.27. The molecule has 0 radical (unpaired) electrons. The van der Waals surface area contributed by atoms with E-state index in [1.54, 1.807) is 7.05 Å². The first-order valence-corrected chi connectivity index (χ1v) is 6.53. The molecule has 22 heavy (non-hydrogen) atoms. The van der Waals surface area contributed by atoms with Crippen LogP contribution in [0.4, 0.5) is 18.9 Å². The summed E-state index contributed by atoms with van der Waals surface area (Å²) in [6.07, 6.45) is -3.73. The van der Waals surface area contributed by atoms with Crippen LogP contribution in [0.1, 0.15) is 18.4 Å². The number of nitrogens with zero attached hydrogens (tertiary/aromatic N) is 1. The Balaban J connectivity index is 2.15. The highest BCUT2D eigenvalue weighted by Gasteiger charge is 2.32. The number of alkyl halides is 3. The Labute approximate surface area is 123 Å². The number of hydrogen-bond donors (Lipinski definition) is 2. The van der Waals surface area contributed by atoms with Crippen molar-refractivity contribution in [3.8, 4) is 0 Å². The lowest BCUT2D eigenvalue weighted by molar-refractivity contribution is -0.137. The Morgan fingerprint density at radius 2 is 2.09 bits per heavy atom. The Kier molecular flexibility index (Phi) is 4.25. The quantitative estimate of drug-likeness (QED) is 0.860. The van der Waals surface area contributed by atoms with Crippen LogP contribution < -0.4 is 10.9 Å². The van der Waals surface area contributed by atoms with Gasteiger partial charge in [-0.1, -0.05) is 0 Å². The number of nitrogens with one attached hydrogen (secondary N) is 2. The van der Waals surface area contributed by atoms with Gasteiger partial charge in [0.25, 0.3) is 5.56 Å². The summed E-state index contributed by atoms with van der Waals surface area (Å²) in [6, 6.07) is 0.577. The minimum Gasteiger partial charge on any atom is -0.346 e. The summed E-state index contributed by atoms with van der Waals surface area (Å²) < 4.78 is 37.8. The van der Waals surface area contributed by atoms with Gasteiger partial charge in [0, 0.05) is 32.1 Å². The van der Waals surface area contributed by atoms with E-state index < -0.39 is 34.8 Å². The summed E-state index contributed by atoms with van der Waals surface area (Å²) in [4.78, 5) is 38.5. The van der Waals surface area contributed by atoms with Crippen molar-refractivity contribution in [1.82, 2.24) is 9.88 Å². The normalized spacial score (nSPS) is 19.2. The standard InChI is InChI=1S/C13H14F3N3O3/c1-19-3-2-7(4-10(19)20)11(21)18-9-5-8(13(14,15)16)6-17-12(9)22/h5-7H,2-4H2,1H3,(H,17,22)(H,18,21)/t7-/m0/s1. The van der Waals surface area contributed by atoms with E-state index >= 15 is 0 Å². The highest BCUT2D eigenvalue weighted by molar-refractivity contribution is 5.95. The van der Waals surface area contributed by atoms with Crippen LogP contribution in [0.15, 0.2) is 17.1 Å². The monoisotopic (exact) mass is 317 g/mol. The van der Waals surface area contributed by atoms with E-state index in [2.05, 4.69) is 5.32 Å². The first-order valence-electron chi connectivity index (χ1n) is 6.53. The molecular formula is C13H14F3N3O3. The van der Waals surface area contributed by atoms with Crippen molar-refractivity contribution in [3.63, 3.8) is 0 Å². The Bertz CT molecular complexity index is 654. The number of piperidine rings is 1. The fourth-order valence-electron chi connectivity index (χ4n) is 2.14. The number of aromatic amines is 1. The highest BCUT2D eigenvalue weighted by atomic mass is 19.4. The van der Waals surface area contributed by atoms with Crippen LogP contribution in [0.25, 0.3) is 0 Å². The number of H-pyrrole nitrogens is 1. The molecule has 120 valence electrons. The van der Waals surface area contributed by atoms with Gasteiger partial charge in [-0.3, -0.25) is 14.4 Å². The maximum atomic E-state index is 12.6. The topological polar surface area (TPSA) is 82.3 Å². The zero-order valence-electron chi connectivity index (χ0n) is 11.7. The van der Waals surface area contributed by atoms with Crippen molar-refractivity contribution in [3.05, 3.63) is 28.2 Å². The van der Waals surface area contributed by atoms with E-state index in [4.69, 9.17) is 0 Å². The molecule has 6 nitrogen and oxygen atoms in total. The zero-order valence-corrected chi connectivity index (χ0v) is 11.7. The fourth-order valence-corrected chi connectivity index (χ4v) is 2.14. The molecule has 0 saturated carbocycles. The van der Waals surface area contributed by atoms with Gasteiger partial charge in [-0.2, -0.15) is 13.2 Å². The average molecular weight is 317 g/mol. The zero-order chi connectivity index (χ0) is 16.5. The van der Waals surface area contributed by atoms with Crippen molar-refractivity contribution in [2.45, 2.75) is 19.0 Å². The molecule has 0 aromatic carbocycles. The van der Waals surface area contributed by atoms with Gasteiger partial charge in [0.2, 0.25) is 11.8 Å². The van der Waals surface area contributed by atoms with E-state index in [-0.39, 0.29) is 12.3 Å². The number of anilines is 1. The molecule has 1 aromatic heterocycles. The summed E-state index contributed by atoms with van der Waals surface area (Å²) >= 11 is 0. The average Bonchev–Trinajstić information content (AvgIpc) is 2.43. The molecule has 0 spiro atoms. The van der Waals surface area contributed by atoms with Gasteiger partial charge in [-0.05, 0) is 12.5 Å². The second-order valence-corrected chi connectivity index (χ2v) is 5.12. The van der Waals surface area contributed by atoms with Gasteiger partial charge < -0.3 is 15.2 Å². The largest absolute Gasteiger partial charge is 0.417 e. The molecule has 0 aliphatic carbocycles. The predicted octanol–water partition coefficient (Wildman–Crippen LogP) is 1.20. The first-order chi connectivity index (χ1) is 10.2. The van der Waals surface area contributed by atoms with E-state index in [0.717, 1.165) is 0 Å². The number of amides is 2. The Hall–Kier alpha value is -2.32. The number of rotatable bonds is 2. The van der Waals surface area contributed by atoms with Crippen molar-refractivity contribution in [2.75, 3.05) is 18.9 Å². The minimum absolute atomic E-state index is 0.0286. The molecule has 1 saturated heterocycles. The summed E-state index contributed by atoms with van der Waals surface area (Å²) in [5.74, 6) is -1.51. The van der Waals surface area contributed by atoms with E-state index in [1.807, 2.05) is 4.98 Å². The highest BCUT2D eigenvalue weighted by Crippen LogP contribution is 2.29. The Morgan fingerprint density at radius 1 is 1.41 bits per heavy atom. The molecule has 1 aromatic rings. The number of aromatic nitrogens is 1. The number of likely N-dealkylation sites (tertiary alicyclic amines) is 1. The molecule has 1 atom stereocenters. The van der Waals surface area contributed by atoms with Crippen LogP contribution in [0, 0.1) is 5.92 Å².